The van der Waals surface area contributed by atoms with Gasteiger partial charge in [-0.15, -0.1) is 13.2 Å². The van der Waals surface area contributed by atoms with Crippen molar-refractivity contribution in [1.29, 1.82) is 0 Å². The van der Waals surface area contributed by atoms with Crippen molar-refractivity contribution in [3.63, 3.8) is 0 Å². The molecule has 0 aliphatic rings. The molecule has 0 heterocycles. The van der Waals surface area contributed by atoms with E-state index in [1.54, 1.807) is 0 Å². The minimum atomic E-state index is 0.0156. The lowest BCUT2D eigenvalue weighted by atomic mass is 9.87. The van der Waals surface area contributed by atoms with Gasteiger partial charge in [-0.2, -0.15) is 0 Å². The molecule has 0 aliphatic carbocycles. The average molecular weight is 156 g/mol. The Morgan fingerprint density at radius 2 is 2.00 bits per heavy atom. The summed E-state index contributed by atoms with van der Waals surface area (Å²) in [6.07, 6.45) is 4.85. The molecule has 0 spiro atoms. The van der Waals surface area contributed by atoms with E-state index >= 15 is 0 Å². The molecule has 0 rings (SSSR count). The van der Waals surface area contributed by atoms with Crippen LogP contribution in [0.15, 0.2) is 25.3 Å². The first kappa shape index (κ1) is 9.66. The summed E-state index contributed by atoms with van der Waals surface area (Å²) in [5.74, 6) is 0. The van der Waals surface area contributed by atoms with Crippen LogP contribution in [-0.2, 0) is 4.43 Å². The summed E-state index contributed by atoms with van der Waals surface area (Å²) < 4.78 is 5.18. The summed E-state index contributed by atoms with van der Waals surface area (Å²) in [6.45, 7) is 10.4. The van der Waals surface area contributed by atoms with E-state index in [1.807, 2.05) is 12.2 Å². The summed E-state index contributed by atoms with van der Waals surface area (Å²) in [5, 5.41) is 0. The van der Waals surface area contributed by atoms with Crippen LogP contribution in [0.5, 0.6) is 0 Å². The van der Waals surface area contributed by atoms with E-state index in [0.717, 1.165) is 23.5 Å². The molecule has 0 bridgehead atoms. The topological polar surface area (TPSA) is 9.23 Å². The molecule has 0 saturated carbocycles. The molecule has 0 aromatic carbocycles. The maximum absolute atomic E-state index is 5.18. The molecule has 2 heteroatoms. The van der Waals surface area contributed by atoms with Crippen molar-refractivity contribution in [3.8, 4) is 0 Å². The van der Waals surface area contributed by atoms with Gasteiger partial charge in [-0.1, -0.05) is 19.1 Å². The quantitative estimate of drug-likeness (QED) is 0.427. The highest BCUT2D eigenvalue weighted by Crippen LogP contribution is 2.24. The van der Waals surface area contributed by atoms with Gasteiger partial charge in [-0.05, 0) is 6.42 Å². The van der Waals surface area contributed by atoms with Crippen molar-refractivity contribution in [2.24, 2.45) is 5.41 Å². The summed E-state index contributed by atoms with van der Waals surface area (Å²) >= 11 is 0. The first-order valence-corrected chi connectivity index (χ1v) is 4.32. The van der Waals surface area contributed by atoms with Crippen LogP contribution in [-0.4, -0.2) is 17.1 Å². The first-order chi connectivity index (χ1) is 4.74. The Balaban J connectivity index is 4.14. The third-order valence-electron chi connectivity index (χ3n) is 1.88. The minimum Gasteiger partial charge on any atom is -0.427 e. The maximum Gasteiger partial charge on any atom is 0.146 e. The largest absolute Gasteiger partial charge is 0.427 e. The van der Waals surface area contributed by atoms with Crippen molar-refractivity contribution < 1.29 is 4.43 Å². The van der Waals surface area contributed by atoms with Gasteiger partial charge < -0.3 is 4.43 Å². The van der Waals surface area contributed by atoms with Crippen LogP contribution >= 0.6 is 0 Å². The van der Waals surface area contributed by atoms with E-state index in [4.69, 9.17) is 4.43 Å². The zero-order valence-corrected chi connectivity index (χ0v) is 8.89. The first-order valence-electron chi connectivity index (χ1n) is 3.50. The van der Waals surface area contributed by atoms with Crippen molar-refractivity contribution in [1.82, 2.24) is 0 Å². The molecular formula is C8H16OSi. The highest BCUT2D eigenvalue weighted by molar-refractivity contribution is 5.98. The van der Waals surface area contributed by atoms with Crippen LogP contribution in [0.2, 0.25) is 0 Å². The molecule has 10 heavy (non-hydrogen) atoms. The summed E-state index contributed by atoms with van der Waals surface area (Å²) in [6, 6.07) is 0. The Hall–Kier alpha value is -0.343. The van der Waals surface area contributed by atoms with Gasteiger partial charge in [-0.25, -0.2) is 0 Å². The third-order valence-corrected chi connectivity index (χ3v) is 2.17. The number of rotatable bonds is 5. The van der Waals surface area contributed by atoms with Gasteiger partial charge in [0.25, 0.3) is 0 Å². The second kappa shape index (κ2) is 4.47. The Morgan fingerprint density at radius 1 is 1.50 bits per heavy atom. The van der Waals surface area contributed by atoms with Gasteiger partial charge in [0.05, 0.1) is 0 Å². The fourth-order valence-corrected chi connectivity index (χ4v) is 1.40. The van der Waals surface area contributed by atoms with E-state index < -0.39 is 0 Å². The summed E-state index contributed by atoms with van der Waals surface area (Å²) in [4.78, 5) is 0. The highest BCUT2D eigenvalue weighted by Gasteiger charge is 2.18. The van der Waals surface area contributed by atoms with Crippen molar-refractivity contribution >= 4 is 10.5 Å². The fraction of sp³-hybridized carbons (Fsp3) is 0.500. The third kappa shape index (κ3) is 2.12. The zero-order valence-electron chi connectivity index (χ0n) is 6.89. The van der Waals surface area contributed by atoms with Gasteiger partial charge in [-0.3, -0.25) is 0 Å². The Bertz CT molecular complexity index is 112. The van der Waals surface area contributed by atoms with Crippen LogP contribution in [0.4, 0.5) is 0 Å². The summed E-state index contributed by atoms with van der Waals surface area (Å²) in [5.41, 5.74) is 0.0156. The highest BCUT2D eigenvalue weighted by atomic mass is 28.2. The molecule has 0 saturated heterocycles. The second-order valence-corrected chi connectivity index (χ2v) is 3.01. The van der Waals surface area contributed by atoms with Crippen LogP contribution in [0.3, 0.4) is 0 Å². The average Bonchev–Trinajstić information content (AvgIpc) is 2.01. The maximum atomic E-state index is 5.18. The zero-order chi connectivity index (χ0) is 8.04. The predicted octanol–water partition coefficient (Wildman–Crippen LogP) is 1.05. The number of hydrogen-bond acceptors (Lipinski definition) is 1. The number of hydrogen-bond donors (Lipinski definition) is 0. The molecule has 0 aromatic heterocycles. The lowest BCUT2D eigenvalue weighted by molar-refractivity contribution is 0.243. The lowest BCUT2D eigenvalue weighted by Gasteiger charge is -2.23. The van der Waals surface area contributed by atoms with Gasteiger partial charge in [0.2, 0.25) is 0 Å². The standard InChI is InChI=1S/C8H16OSi/c1-4-8(5-2,6-3)7-9-10/h4-5H,1-2,6-7H2,3,10H3. The summed E-state index contributed by atoms with van der Waals surface area (Å²) in [7, 11) is 0.788. The molecule has 58 valence electrons. The van der Waals surface area contributed by atoms with E-state index in [9.17, 15) is 0 Å². The molecule has 0 radical (unpaired) electrons. The van der Waals surface area contributed by atoms with Gasteiger partial charge >= 0.3 is 0 Å². The van der Waals surface area contributed by atoms with Crippen molar-refractivity contribution in [2.75, 3.05) is 6.61 Å². The molecule has 1 nitrogen and oxygen atoms in total. The normalized spacial score (nSPS) is 11.3. The molecule has 0 unspecified atom stereocenters. The van der Waals surface area contributed by atoms with E-state index in [1.165, 1.54) is 0 Å². The van der Waals surface area contributed by atoms with Crippen LogP contribution < -0.4 is 0 Å². The molecule has 0 aromatic rings. The monoisotopic (exact) mass is 156 g/mol. The molecule has 0 amide bonds. The van der Waals surface area contributed by atoms with Crippen LogP contribution in [0.25, 0.3) is 0 Å². The molecule has 0 atom stereocenters. The fourth-order valence-electron chi connectivity index (χ4n) is 0.861. The van der Waals surface area contributed by atoms with Gasteiger partial charge in [0.15, 0.2) is 0 Å². The Labute approximate surface area is 66.3 Å². The molecule has 0 N–H and O–H groups in total. The van der Waals surface area contributed by atoms with Gasteiger partial charge in [0, 0.05) is 12.0 Å². The Morgan fingerprint density at radius 3 is 2.10 bits per heavy atom. The Kier molecular flexibility index (Phi) is 4.32. The van der Waals surface area contributed by atoms with Crippen LogP contribution in [0.1, 0.15) is 13.3 Å². The van der Waals surface area contributed by atoms with Crippen molar-refractivity contribution in [2.45, 2.75) is 13.3 Å². The molecule has 0 aliphatic heterocycles. The molecule has 0 fully saturated rings. The van der Waals surface area contributed by atoms with E-state index in [2.05, 4.69) is 20.1 Å². The van der Waals surface area contributed by atoms with Crippen LogP contribution in [0, 0.1) is 5.41 Å². The predicted molar refractivity (Wildman–Crippen MR) is 49.0 cm³/mol. The minimum absolute atomic E-state index is 0.0156. The van der Waals surface area contributed by atoms with E-state index in [-0.39, 0.29) is 5.41 Å². The van der Waals surface area contributed by atoms with Crippen molar-refractivity contribution in [3.05, 3.63) is 25.3 Å². The van der Waals surface area contributed by atoms with E-state index in [0.29, 0.717) is 0 Å². The smallest absolute Gasteiger partial charge is 0.146 e. The SMILES string of the molecule is C=CC(C=C)(CC)CO[SiH3]. The lowest BCUT2D eigenvalue weighted by Crippen LogP contribution is -2.19. The molecular weight excluding hydrogens is 140 g/mol. The second-order valence-electron chi connectivity index (χ2n) is 2.43. The van der Waals surface area contributed by atoms with Gasteiger partial charge in [0.1, 0.15) is 10.5 Å².